The van der Waals surface area contributed by atoms with Crippen molar-refractivity contribution in [3.63, 3.8) is 0 Å². The molecule has 0 radical (unpaired) electrons. The normalized spacial score (nSPS) is 13.6. The van der Waals surface area contributed by atoms with Crippen LogP contribution >= 0.6 is 11.6 Å². The smallest absolute Gasteiger partial charge is 0.416 e. The van der Waals surface area contributed by atoms with Crippen molar-refractivity contribution < 1.29 is 17.9 Å². The number of fused-ring (bicyclic) bond motifs is 1. The third-order valence-corrected chi connectivity index (χ3v) is 2.87. The molecule has 0 saturated carbocycles. The van der Waals surface area contributed by atoms with Crippen LogP contribution in [0.4, 0.5) is 13.2 Å². The standard InChI is InChI=1S/C10H8ClF3O.C2H6/c1-5-8(11)4-7(10(12,13)14)6-2-3-15-9(5)6;1-2/h4H,2-3H2,1H3;1-2H3. The first-order valence-corrected chi connectivity index (χ1v) is 5.81. The summed E-state index contributed by atoms with van der Waals surface area (Å²) in [6.45, 7) is 5.95. The summed E-state index contributed by atoms with van der Waals surface area (Å²) in [5.41, 5.74) is 0.132. The molecule has 0 unspecified atom stereocenters. The first-order valence-electron chi connectivity index (χ1n) is 5.43. The van der Waals surface area contributed by atoms with Gasteiger partial charge in [-0.2, -0.15) is 13.2 Å². The van der Waals surface area contributed by atoms with Crippen LogP contribution in [0.1, 0.15) is 30.5 Å². The molecule has 0 spiro atoms. The Labute approximate surface area is 104 Å². The maximum atomic E-state index is 12.6. The van der Waals surface area contributed by atoms with E-state index in [1.165, 1.54) is 0 Å². The largest absolute Gasteiger partial charge is 0.493 e. The lowest BCUT2D eigenvalue weighted by Crippen LogP contribution is -2.08. The number of rotatable bonds is 0. The zero-order chi connectivity index (χ0) is 13.2. The van der Waals surface area contributed by atoms with Crippen LogP contribution in [0.2, 0.25) is 5.02 Å². The Hall–Kier alpha value is -0.900. The molecule has 0 fully saturated rings. The second kappa shape index (κ2) is 5.17. The molecule has 0 bridgehead atoms. The molecule has 17 heavy (non-hydrogen) atoms. The molecular formula is C12H14ClF3O. The Bertz CT molecular complexity index is 413. The predicted octanol–water partition coefficient (Wildman–Crippen LogP) is 4.63. The maximum Gasteiger partial charge on any atom is 0.416 e. The van der Waals surface area contributed by atoms with Crippen LogP contribution in [0.25, 0.3) is 0 Å². The van der Waals surface area contributed by atoms with Crippen molar-refractivity contribution in [1.82, 2.24) is 0 Å². The third kappa shape index (κ3) is 2.68. The zero-order valence-electron chi connectivity index (χ0n) is 9.91. The second-order valence-corrected chi connectivity index (χ2v) is 3.84. The predicted molar refractivity (Wildman–Crippen MR) is 61.7 cm³/mol. The van der Waals surface area contributed by atoms with Crippen molar-refractivity contribution in [2.45, 2.75) is 33.4 Å². The van der Waals surface area contributed by atoms with E-state index in [9.17, 15) is 13.2 Å². The van der Waals surface area contributed by atoms with Crippen LogP contribution in [-0.4, -0.2) is 6.61 Å². The van der Waals surface area contributed by atoms with E-state index in [-0.39, 0.29) is 10.6 Å². The molecule has 1 aromatic rings. The SMILES string of the molecule is CC.Cc1c(Cl)cc(C(F)(F)F)c2c1OCC2. The van der Waals surface area contributed by atoms with Gasteiger partial charge in [0, 0.05) is 22.6 Å². The summed E-state index contributed by atoms with van der Waals surface area (Å²) in [4.78, 5) is 0. The highest BCUT2D eigenvalue weighted by Gasteiger charge is 2.37. The molecule has 0 aliphatic carbocycles. The monoisotopic (exact) mass is 266 g/mol. The van der Waals surface area contributed by atoms with E-state index in [0.717, 1.165) is 6.07 Å². The summed E-state index contributed by atoms with van der Waals surface area (Å²) in [6.07, 6.45) is -4.07. The molecule has 1 aliphatic rings. The molecule has 1 nitrogen and oxygen atoms in total. The maximum absolute atomic E-state index is 12.6. The third-order valence-electron chi connectivity index (χ3n) is 2.47. The fourth-order valence-corrected chi connectivity index (χ4v) is 1.93. The van der Waals surface area contributed by atoms with Crippen molar-refractivity contribution in [3.05, 3.63) is 27.8 Å². The molecule has 1 heterocycles. The fraction of sp³-hybridized carbons (Fsp3) is 0.500. The van der Waals surface area contributed by atoms with Gasteiger partial charge >= 0.3 is 6.18 Å². The van der Waals surface area contributed by atoms with E-state index >= 15 is 0 Å². The number of halogens is 4. The van der Waals surface area contributed by atoms with Crippen LogP contribution in [0.3, 0.4) is 0 Å². The van der Waals surface area contributed by atoms with Crippen LogP contribution in [0.5, 0.6) is 5.75 Å². The highest BCUT2D eigenvalue weighted by Crippen LogP contribution is 2.43. The minimum absolute atomic E-state index is 0.1000. The lowest BCUT2D eigenvalue weighted by molar-refractivity contribution is -0.138. The van der Waals surface area contributed by atoms with Crippen molar-refractivity contribution in [2.75, 3.05) is 6.61 Å². The highest BCUT2D eigenvalue weighted by molar-refractivity contribution is 6.31. The average molecular weight is 267 g/mol. The first kappa shape index (κ1) is 14.2. The summed E-state index contributed by atoms with van der Waals surface area (Å²) in [6, 6.07) is 0.977. The van der Waals surface area contributed by atoms with Gasteiger partial charge in [-0.15, -0.1) is 0 Å². The van der Waals surface area contributed by atoms with Crippen LogP contribution < -0.4 is 4.74 Å². The van der Waals surface area contributed by atoms with Gasteiger partial charge in [-0.1, -0.05) is 25.4 Å². The van der Waals surface area contributed by atoms with E-state index in [4.69, 9.17) is 16.3 Å². The Morgan fingerprint density at radius 2 is 1.88 bits per heavy atom. The van der Waals surface area contributed by atoms with Gasteiger partial charge in [0.25, 0.3) is 0 Å². The van der Waals surface area contributed by atoms with E-state index < -0.39 is 11.7 Å². The van der Waals surface area contributed by atoms with E-state index in [1.807, 2.05) is 13.8 Å². The van der Waals surface area contributed by atoms with Gasteiger partial charge < -0.3 is 4.74 Å². The number of hydrogen-bond donors (Lipinski definition) is 0. The number of benzene rings is 1. The lowest BCUT2D eigenvalue weighted by atomic mass is 10.0. The number of hydrogen-bond acceptors (Lipinski definition) is 1. The topological polar surface area (TPSA) is 9.23 Å². The lowest BCUT2D eigenvalue weighted by Gasteiger charge is -2.13. The molecule has 5 heteroatoms. The van der Waals surface area contributed by atoms with Gasteiger partial charge in [0.2, 0.25) is 0 Å². The van der Waals surface area contributed by atoms with Gasteiger partial charge in [0.15, 0.2) is 0 Å². The second-order valence-electron chi connectivity index (χ2n) is 3.43. The fourth-order valence-electron chi connectivity index (χ4n) is 1.73. The molecule has 0 saturated heterocycles. The molecule has 0 aromatic heterocycles. The number of alkyl halides is 3. The molecular weight excluding hydrogens is 253 g/mol. The summed E-state index contributed by atoms with van der Waals surface area (Å²) >= 11 is 5.72. The number of ether oxygens (including phenoxy) is 1. The molecule has 0 N–H and O–H groups in total. The zero-order valence-corrected chi connectivity index (χ0v) is 10.7. The molecule has 1 aromatic carbocycles. The van der Waals surface area contributed by atoms with Crippen molar-refractivity contribution in [1.29, 1.82) is 0 Å². The Balaban J connectivity index is 0.000000686. The van der Waals surface area contributed by atoms with Crippen LogP contribution in [0, 0.1) is 6.92 Å². The van der Waals surface area contributed by atoms with Gasteiger partial charge in [0.05, 0.1) is 12.2 Å². The van der Waals surface area contributed by atoms with E-state index in [1.54, 1.807) is 6.92 Å². The molecule has 1 aliphatic heterocycles. The highest BCUT2D eigenvalue weighted by atomic mass is 35.5. The average Bonchev–Trinajstić information content (AvgIpc) is 2.73. The minimum atomic E-state index is -4.37. The quantitative estimate of drug-likeness (QED) is 0.665. The van der Waals surface area contributed by atoms with Gasteiger partial charge in [0.1, 0.15) is 5.75 Å². The Morgan fingerprint density at radius 3 is 2.41 bits per heavy atom. The molecule has 0 atom stereocenters. The summed E-state index contributed by atoms with van der Waals surface area (Å²) in [5.74, 6) is 0.301. The van der Waals surface area contributed by atoms with Crippen molar-refractivity contribution in [2.24, 2.45) is 0 Å². The molecule has 96 valence electrons. The van der Waals surface area contributed by atoms with E-state index in [2.05, 4.69) is 0 Å². The Kier molecular flexibility index (Phi) is 4.31. The van der Waals surface area contributed by atoms with Gasteiger partial charge in [-0.05, 0) is 13.0 Å². The van der Waals surface area contributed by atoms with Gasteiger partial charge in [-0.25, -0.2) is 0 Å². The Morgan fingerprint density at radius 1 is 1.29 bits per heavy atom. The van der Waals surface area contributed by atoms with E-state index in [0.29, 0.717) is 24.3 Å². The first-order chi connectivity index (χ1) is 7.91. The van der Waals surface area contributed by atoms with Crippen molar-refractivity contribution >= 4 is 11.6 Å². The summed E-state index contributed by atoms with van der Waals surface area (Å²) in [5, 5.41) is 0.1000. The van der Waals surface area contributed by atoms with Crippen LogP contribution in [0.15, 0.2) is 6.07 Å². The summed E-state index contributed by atoms with van der Waals surface area (Å²) < 4.78 is 43.1. The van der Waals surface area contributed by atoms with Crippen LogP contribution in [-0.2, 0) is 12.6 Å². The minimum Gasteiger partial charge on any atom is -0.493 e. The van der Waals surface area contributed by atoms with Crippen molar-refractivity contribution in [3.8, 4) is 5.75 Å². The van der Waals surface area contributed by atoms with Gasteiger partial charge in [-0.3, -0.25) is 0 Å². The summed E-state index contributed by atoms with van der Waals surface area (Å²) in [7, 11) is 0. The molecule has 2 rings (SSSR count). The molecule has 0 amide bonds.